The molecule has 1 aromatic rings. The Balaban J connectivity index is 1.89. The molecule has 0 amide bonds. The van der Waals surface area contributed by atoms with Crippen LogP contribution in [0.5, 0.6) is 17.2 Å². The molecule has 0 fully saturated rings. The first kappa shape index (κ1) is 18.8. The van der Waals surface area contributed by atoms with Crippen molar-refractivity contribution in [3.05, 3.63) is 12.1 Å². The molecule has 1 aliphatic rings. The average molecular weight is 355 g/mol. The number of nitrogens with one attached hydrogen (secondary N) is 1. The first-order valence-electron chi connectivity index (χ1n) is 7.77. The predicted octanol–water partition coefficient (Wildman–Crippen LogP) is 0.427. The Morgan fingerprint density at radius 2 is 2.04 bits per heavy atom. The molecule has 2 atom stereocenters. The van der Waals surface area contributed by atoms with Gasteiger partial charge in [-0.1, -0.05) is 0 Å². The fourth-order valence-electron chi connectivity index (χ4n) is 2.32. The number of aliphatic hydroxyl groups is 2. The quantitative estimate of drug-likeness (QED) is 0.311. The number of aliphatic hydroxyl groups excluding tert-OH is 2. The summed E-state index contributed by atoms with van der Waals surface area (Å²) in [5.41, 5.74) is 0.525. The van der Waals surface area contributed by atoms with E-state index < -0.39 is 18.2 Å². The van der Waals surface area contributed by atoms with Gasteiger partial charge in [0.15, 0.2) is 17.2 Å². The Kier molecular flexibility index (Phi) is 6.84. The Morgan fingerprint density at radius 1 is 1.32 bits per heavy atom. The minimum Gasteiger partial charge on any atom is -0.465 e. The molecule has 0 aliphatic carbocycles. The molecule has 9 nitrogen and oxygen atoms in total. The third-order valence-corrected chi connectivity index (χ3v) is 3.42. The molecule has 1 aromatic carbocycles. The average Bonchev–Trinajstić information content (AvgIpc) is 2.99. The van der Waals surface area contributed by atoms with Crippen LogP contribution in [-0.4, -0.2) is 54.8 Å². The number of rotatable bonds is 10. The van der Waals surface area contributed by atoms with Gasteiger partial charge in [0.2, 0.25) is 6.79 Å². The normalized spacial score (nSPS) is 14.5. The van der Waals surface area contributed by atoms with E-state index in [0.717, 1.165) is 0 Å². The minimum atomic E-state index is -0.928. The second-order valence-electron chi connectivity index (χ2n) is 5.48. The second-order valence-corrected chi connectivity index (χ2v) is 5.48. The second kappa shape index (κ2) is 9.09. The van der Waals surface area contributed by atoms with E-state index in [2.05, 4.69) is 10.1 Å². The Morgan fingerprint density at radius 3 is 2.72 bits per heavy atom. The molecule has 2 rings (SSSR count). The van der Waals surface area contributed by atoms with Crippen LogP contribution in [0.15, 0.2) is 12.1 Å². The van der Waals surface area contributed by atoms with Gasteiger partial charge >= 0.3 is 5.97 Å². The molecule has 0 bridgehead atoms. The maximum Gasteiger partial charge on any atom is 0.308 e. The van der Waals surface area contributed by atoms with Gasteiger partial charge in [0.1, 0.15) is 6.61 Å². The third kappa shape index (κ3) is 5.80. The number of esters is 1. The van der Waals surface area contributed by atoms with Gasteiger partial charge in [-0.15, -0.1) is 0 Å². The molecule has 138 valence electrons. The van der Waals surface area contributed by atoms with Crippen LogP contribution in [0.3, 0.4) is 0 Å². The molecule has 0 aromatic heterocycles. The highest BCUT2D eigenvalue weighted by Gasteiger charge is 2.19. The maximum absolute atomic E-state index is 11.2. The van der Waals surface area contributed by atoms with E-state index in [1.807, 2.05) is 0 Å². The van der Waals surface area contributed by atoms with E-state index in [9.17, 15) is 19.8 Å². The molecule has 0 saturated heterocycles. The number of hydrogen-bond donors (Lipinski definition) is 3. The van der Waals surface area contributed by atoms with Crippen LogP contribution in [0.2, 0.25) is 0 Å². The summed E-state index contributed by atoms with van der Waals surface area (Å²) in [6.07, 6.45) is -1.31. The molecule has 9 heteroatoms. The van der Waals surface area contributed by atoms with E-state index in [1.165, 1.54) is 6.92 Å². The summed E-state index contributed by atoms with van der Waals surface area (Å²) < 4.78 is 20.1. The fourth-order valence-corrected chi connectivity index (χ4v) is 2.32. The molecular formula is C16H21NO8. The highest BCUT2D eigenvalue weighted by molar-refractivity contribution is 5.74. The summed E-state index contributed by atoms with van der Waals surface area (Å²) in [4.78, 5) is 21.3. The Labute approximate surface area is 144 Å². The zero-order valence-electron chi connectivity index (χ0n) is 13.8. The van der Waals surface area contributed by atoms with Gasteiger partial charge in [-0.2, -0.15) is 0 Å². The van der Waals surface area contributed by atoms with E-state index >= 15 is 0 Å². The first-order chi connectivity index (χ1) is 12.0. The standard InChI is InChI=1S/C16H21NO8/c1-10(19)25-14-6-16-15(23-9-24-16)5-13(14)17-3-2-11(20)4-12(21)7-22-8-18/h5-6,8,11-12,17,20-21H,2-4,7,9H2,1H3/t11-,12+/m1/s1. The summed E-state index contributed by atoms with van der Waals surface area (Å²) in [5.74, 6) is 0.839. The molecule has 3 N–H and O–H groups in total. The smallest absolute Gasteiger partial charge is 0.308 e. The zero-order chi connectivity index (χ0) is 18.2. The fraction of sp³-hybridized carbons (Fsp3) is 0.500. The van der Waals surface area contributed by atoms with Gasteiger partial charge in [-0.3, -0.25) is 9.59 Å². The van der Waals surface area contributed by atoms with Crippen LogP contribution in [0.4, 0.5) is 5.69 Å². The number of hydrogen-bond acceptors (Lipinski definition) is 9. The van der Waals surface area contributed by atoms with Gasteiger partial charge in [0.25, 0.3) is 6.47 Å². The summed E-state index contributed by atoms with van der Waals surface area (Å²) >= 11 is 0. The van der Waals surface area contributed by atoms with E-state index in [1.54, 1.807) is 12.1 Å². The number of anilines is 1. The summed E-state index contributed by atoms with van der Waals surface area (Å²) in [7, 11) is 0. The lowest BCUT2D eigenvalue weighted by molar-refractivity contribution is -0.132. The van der Waals surface area contributed by atoms with Crippen molar-refractivity contribution in [3.8, 4) is 17.2 Å². The van der Waals surface area contributed by atoms with Crippen molar-refractivity contribution in [2.24, 2.45) is 0 Å². The lowest BCUT2D eigenvalue weighted by atomic mass is 10.1. The molecule has 1 heterocycles. The third-order valence-electron chi connectivity index (χ3n) is 3.42. The number of carbonyl (C=O) groups is 2. The van der Waals surface area contributed by atoms with Crippen LogP contribution >= 0.6 is 0 Å². The molecule has 1 aliphatic heterocycles. The molecule has 25 heavy (non-hydrogen) atoms. The number of fused-ring (bicyclic) bond motifs is 1. The molecule has 0 spiro atoms. The minimum absolute atomic E-state index is 0.0768. The maximum atomic E-state index is 11.2. The van der Waals surface area contributed by atoms with Crippen molar-refractivity contribution < 1.29 is 38.7 Å². The largest absolute Gasteiger partial charge is 0.465 e. The Bertz CT molecular complexity index is 606. The first-order valence-corrected chi connectivity index (χ1v) is 7.77. The van der Waals surface area contributed by atoms with Crippen LogP contribution in [-0.2, 0) is 14.3 Å². The van der Waals surface area contributed by atoms with E-state index in [-0.39, 0.29) is 26.3 Å². The lowest BCUT2D eigenvalue weighted by Gasteiger charge is -2.16. The van der Waals surface area contributed by atoms with E-state index in [0.29, 0.717) is 35.9 Å². The van der Waals surface area contributed by atoms with Crippen molar-refractivity contribution >= 4 is 18.1 Å². The van der Waals surface area contributed by atoms with Crippen molar-refractivity contribution in [1.82, 2.24) is 0 Å². The van der Waals surface area contributed by atoms with Crippen LogP contribution in [0, 0.1) is 0 Å². The summed E-state index contributed by atoms with van der Waals surface area (Å²) in [6, 6.07) is 3.21. The lowest BCUT2D eigenvalue weighted by Crippen LogP contribution is -2.24. The van der Waals surface area contributed by atoms with Crippen LogP contribution in [0.1, 0.15) is 19.8 Å². The summed E-state index contributed by atoms with van der Waals surface area (Å²) in [6.45, 7) is 1.83. The van der Waals surface area contributed by atoms with Crippen LogP contribution in [0.25, 0.3) is 0 Å². The number of ether oxygens (including phenoxy) is 4. The molecule has 0 unspecified atom stereocenters. The SMILES string of the molecule is CC(=O)Oc1cc2c(cc1NCC[C@@H](O)C[C@H](O)COC=O)OCO2. The van der Waals surface area contributed by atoms with Crippen molar-refractivity contribution in [3.63, 3.8) is 0 Å². The van der Waals surface area contributed by atoms with E-state index in [4.69, 9.17) is 14.2 Å². The number of benzene rings is 1. The molecular weight excluding hydrogens is 334 g/mol. The van der Waals surface area contributed by atoms with Gasteiger partial charge < -0.3 is 34.5 Å². The van der Waals surface area contributed by atoms with Crippen molar-refractivity contribution in [1.29, 1.82) is 0 Å². The van der Waals surface area contributed by atoms with Gasteiger partial charge in [-0.25, -0.2) is 0 Å². The van der Waals surface area contributed by atoms with Gasteiger partial charge in [0.05, 0.1) is 17.9 Å². The predicted molar refractivity (Wildman–Crippen MR) is 85.6 cm³/mol. The molecule has 0 saturated carbocycles. The topological polar surface area (TPSA) is 124 Å². The number of carbonyl (C=O) groups excluding carboxylic acids is 2. The van der Waals surface area contributed by atoms with Crippen molar-refractivity contribution in [2.45, 2.75) is 32.0 Å². The van der Waals surface area contributed by atoms with Gasteiger partial charge in [0, 0.05) is 32.0 Å². The highest BCUT2D eigenvalue weighted by atomic mass is 16.7. The Hall–Kier alpha value is -2.52. The zero-order valence-corrected chi connectivity index (χ0v) is 13.8. The van der Waals surface area contributed by atoms with Crippen molar-refractivity contribution in [2.75, 3.05) is 25.3 Å². The molecule has 0 radical (unpaired) electrons. The summed E-state index contributed by atoms with van der Waals surface area (Å²) in [5, 5.41) is 22.5. The van der Waals surface area contributed by atoms with Gasteiger partial charge in [-0.05, 0) is 6.42 Å². The monoisotopic (exact) mass is 355 g/mol. The highest BCUT2D eigenvalue weighted by Crippen LogP contribution is 2.40. The van der Waals surface area contributed by atoms with Crippen LogP contribution < -0.4 is 19.5 Å².